The van der Waals surface area contributed by atoms with Crippen LogP contribution in [0.2, 0.25) is 5.02 Å². The topological polar surface area (TPSA) is 119 Å². The van der Waals surface area contributed by atoms with Crippen LogP contribution in [0.25, 0.3) is 0 Å². The number of nitro groups is 1. The van der Waals surface area contributed by atoms with Crippen molar-refractivity contribution in [1.82, 2.24) is 4.90 Å². The Morgan fingerprint density at radius 3 is 2.24 bits per heavy atom. The van der Waals surface area contributed by atoms with Crippen LogP contribution in [-0.2, 0) is 0 Å². The lowest BCUT2D eigenvalue weighted by molar-refractivity contribution is -0.384. The molecule has 0 unspecified atom stereocenters. The molecule has 9 nitrogen and oxygen atoms in total. The molecule has 0 saturated carbocycles. The van der Waals surface area contributed by atoms with Crippen LogP contribution in [0.15, 0.2) is 66.7 Å². The molecular weight excluding hydrogens is 450 g/mol. The molecule has 0 saturated heterocycles. The van der Waals surface area contributed by atoms with E-state index in [0.717, 1.165) is 11.0 Å². The lowest BCUT2D eigenvalue weighted by Gasteiger charge is -2.14. The van der Waals surface area contributed by atoms with Crippen molar-refractivity contribution in [3.05, 3.63) is 98.6 Å². The molecule has 0 spiro atoms. The van der Waals surface area contributed by atoms with Gasteiger partial charge in [-0.15, -0.1) is 0 Å². The molecule has 0 atom stereocenters. The lowest BCUT2D eigenvalue weighted by Crippen LogP contribution is -2.33. The van der Waals surface area contributed by atoms with Crippen LogP contribution < -0.4 is 10.1 Å². The first-order valence-electron chi connectivity index (χ1n) is 9.78. The molecule has 166 valence electrons. The average molecular weight is 466 g/mol. The molecule has 4 rings (SSSR count). The number of benzene rings is 3. The Labute approximate surface area is 192 Å². The standard InChI is InChI=1S/C23H16ClN3O6/c24-20-10-7-15(27(31)32)13-19(20)21(28)25-14-5-8-16(9-6-14)33-12-11-26-22(29)17-3-1-2-4-18(17)23(26)30/h1-10,13H,11-12H2,(H,25,28). The summed E-state index contributed by atoms with van der Waals surface area (Å²) in [5.41, 5.74) is 0.923. The maximum Gasteiger partial charge on any atom is 0.270 e. The number of imide groups is 1. The van der Waals surface area contributed by atoms with E-state index < -0.39 is 10.8 Å². The van der Waals surface area contributed by atoms with Gasteiger partial charge < -0.3 is 10.1 Å². The highest BCUT2D eigenvalue weighted by Gasteiger charge is 2.34. The normalized spacial score (nSPS) is 12.5. The van der Waals surface area contributed by atoms with Gasteiger partial charge in [0.25, 0.3) is 23.4 Å². The fourth-order valence-corrected chi connectivity index (χ4v) is 3.53. The molecule has 3 amide bonds. The van der Waals surface area contributed by atoms with Crippen molar-refractivity contribution in [1.29, 1.82) is 0 Å². The predicted molar refractivity (Wildman–Crippen MR) is 120 cm³/mol. The van der Waals surface area contributed by atoms with E-state index >= 15 is 0 Å². The van der Waals surface area contributed by atoms with Crippen molar-refractivity contribution < 1.29 is 24.0 Å². The second kappa shape index (κ2) is 9.09. The Hall–Kier alpha value is -4.24. The van der Waals surface area contributed by atoms with E-state index in [1.165, 1.54) is 12.1 Å². The molecule has 3 aromatic carbocycles. The van der Waals surface area contributed by atoms with Crippen LogP contribution in [0.4, 0.5) is 11.4 Å². The highest BCUT2D eigenvalue weighted by molar-refractivity contribution is 6.34. The summed E-state index contributed by atoms with van der Waals surface area (Å²) in [5, 5.41) is 13.6. The summed E-state index contributed by atoms with van der Waals surface area (Å²) in [7, 11) is 0. The maximum atomic E-state index is 12.4. The van der Waals surface area contributed by atoms with E-state index in [-0.39, 0.29) is 41.2 Å². The smallest absolute Gasteiger partial charge is 0.270 e. The van der Waals surface area contributed by atoms with Crippen molar-refractivity contribution >= 4 is 40.7 Å². The summed E-state index contributed by atoms with van der Waals surface area (Å²) in [5.74, 6) is -0.824. The molecule has 10 heteroatoms. The van der Waals surface area contributed by atoms with Crippen molar-refractivity contribution in [2.45, 2.75) is 0 Å². The van der Waals surface area contributed by atoms with E-state index in [9.17, 15) is 24.5 Å². The fraction of sp³-hybridized carbons (Fsp3) is 0.0870. The van der Waals surface area contributed by atoms with Crippen LogP contribution in [0, 0.1) is 10.1 Å². The Balaban J connectivity index is 1.34. The Morgan fingerprint density at radius 2 is 1.64 bits per heavy atom. The van der Waals surface area contributed by atoms with E-state index in [0.29, 0.717) is 22.6 Å². The number of carbonyl (C=O) groups is 3. The number of hydrogen-bond acceptors (Lipinski definition) is 6. The van der Waals surface area contributed by atoms with Gasteiger partial charge >= 0.3 is 0 Å². The highest BCUT2D eigenvalue weighted by atomic mass is 35.5. The molecule has 0 bridgehead atoms. The van der Waals surface area contributed by atoms with Gasteiger partial charge in [0, 0.05) is 17.8 Å². The number of carbonyl (C=O) groups excluding carboxylic acids is 3. The minimum absolute atomic E-state index is 0.0212. The van der Waals surface area contributed by atoms with Crippen LogP contribution >= 0.6 is 11.6 Å². The Morgan fingerprint density at radius 1 is 1.00 bits per heavy atom. The summed E-state index contributed by atoms with van der Waals surface area (Å²) in [6, 6.07) is 16.6. The molecule has 1 aliphatic rings. The van der Waals surface area contributed by atoms with Gasteiger partial charge in [-0.25, -0.2) is 0 Å². The van der Waals surface area contributed by atoms with E-state index in [1.807, 2.05) is 0 Å². The number of ether oxygens (including phenoxy) is 1. The zero-order valence-corrected chi connectivity index (χ0v) is 17.7. The van der Waals surface area contributed by atoms with Crippen LogP contribution in [0.3, 0.4) is 0 Å². The van der Waals surface area contributed by atoms with E-state index in [4.69, 9.17) is 16.3 Å². The minimum atomic E-state index is -0.610. The van der Waals surface area contributed by atoms with Crippen LogP contribution in [-0.4, -0.2) is 40.7 Å². The van der Waals surface area contributed by atoms with Gasteiger partial charge in [0.2, 0.25) is 0 Å². The number of nitro benzene ring substituents is 1. The lowest BCUT2D eigenvalue weighted by atomic mass is 10.1. The fourth-order valence-electron chi connectivity index (χ4n) is 3.33. The minimum Gasteiger partial charge on any atom is -0.492 e. The van der Waals surface area contributed by atoms with Gasteiger partial charge in [-0.2, -0.15) is 0 Å². The molecule has 33 heavy (non-hydrogen) atoms. The molecular formula is C23H16ClN3O6. The second-order valence-electron chi connectivity index (χ2n) is 7.06. The van der Waals surface area contributed by atoms with Crippen LogP contribution in [0.5, 0.6) is 5.75 Å². The number of fused-ring (bicyclic) bond motifs is 1. The van der Waals surface area contributed by atoms with Gasteiger partial charge in [-0.1, -0.05) is 23.7 Å². The highest BCUT2D eigenvalue weighted by Crippen LogP contribution is 2.25. The summed E-state index contributed by atoms with van der Waals surface area (Å²) >= 11 is 5.99. The summed E-state index contributed by atoms with van der Waals surface area (Å²) in [6.07, 6.45) is 0. The first kappa shape index (κ1) is 22.0. The predicted octanol–water partition coefficient (Wildman–Crippen LogP) is 4.18. The first-order chi connectivity index (χ1) is 15.8. The van der Waals surface area contributed by atoms with Gasteiger partial charge in [0.05, 0.1) is 33.2 Å². The van der Waals surface area contributed by atoms with Crippen molar-refractivity contribution in [3.8, 4) is 5.75 Å². The number of non-ortho nitro benzene ring substituents is 1. The maximum absolute atomic E-state index is 12.4. The Kier molecular flexibility index (Phi) is 6.05. The van der Waals surface area contributed by atoms with Crippen molar-refractivity contribution in [3.63, 3.8) is 0 Å². The molecule has 0 fully saturated rings. The largest absolute Gasteiger partial charge is 0.492 e. The quantitative estimate of drug-likeness (QED) is 0.317. The number of amides is 3. The summed E-state index contributed by atoms with van der Waals surface area (Å²) < 4.78 is 5.61. The Bertz CT molecular complexity index is 1240. The SMILES string of the molecule is O=C(Nc1ccc(OCCN2C(=O)c3ccccc3C2=O)cc1)c1cc([N+](=O)[O-])ccc1Cl. The van der Waals surface area contributed by atoms with E-state index in [1.54, 1.807) is 48.5 Å². The average Bonchev–Trinajstić information content (AvgIpc) is 3.05. The second-order valence-corrected chi connectivity index (χ2v) is 7.46. The van der Waals surface area contributed by atoms with Crippen molar-refractivity contribution in [2.75, 3.05) is 18.5 Å². The third kappa shape index (κ3) is 4.53. The number of hydrogen-bond donors (Lipinski definition) is 1. The molecule has 0 aliphatic carbocycles. The summed E-state index contributed by atoms with van der Waals surface area (Å²) in [6.45, 7) is 0.191. The number of halogens is 1. The number of nitrogens with one attached hydrogen (secondary N) is 1. The number of rotatable bonds is 7. The zero-order chi connectivity index (χ0) is 23.5. The molecule has 1 heterocycles. The van der Waals surface area contributed by atoms with Crippen molar-refractivity contribution in [2.24, 2.45) is 0 Å². The van der Waals surface area contributed by atoms with Gasteiger partial charge in [-0.05, 0) is 42.5 Å². The first-order valence-corrected chi connectivity index (χ1v) is 10.2. The third-order valence-electron chi connectivity index (χ3n) is 4.98. The van der Waals surface area contributed by atoms with Gasteiger partial charge in [0.15, 0.2) is 0 Å². The number of anilines is 1. The zero-order valence-electron chi connectivity index (χ0n) is 17.0. The van der Waals surface area contributed by atoms with E-state index in [2.05, 4.69) is 5.32 Å². The van der Waals surface area contributed by atoms with Gasteiger partial charge in [-0.3, -0.25) is 29.4 Å². The molecule has 3 aromatic rings. The van der Waals surface area contributed by atoms with Crippen LogP contribution in [0.1, 0.15) is 31.1 Å². The molecule has 0 aromatic heterocycles. The molecule has 1 N–H and O–H groups in total. The number of nitrogens with zero attached hydrogens (tertiary/aromatic N) is 2. The molecule has 1 aliphatic heterocycles. The molecule has 0 radical (unpaired) electrons. The third-order valence-corrected chi connectivity index (χ3v) is 5.31. The monoisotopic (exact) mass is 465 g/mol. The summed E-state index contributed by atoms with van der Waals surface area (Å²) in [4.78, 5) is 48.6. The van der Waals surface area contributed by atoms with Gasteiger partial charge in [0.1, 0.15) is 12.4 Å².